The summed E-state index contributed by atoms with van der Waals surface area (Å²) in [6, 6.07) is 11.4. The molecular weight excluding hydrogens is 342 g/mol. The fourth-order valence-electron chi connectivity index (χ4n) is 2.38. The minimum Gasteiger partial charge on any atom is -0.504 e. The molecule has 25 heavy (non-hydrogen) atoms. The molecule has 1 saturated heterocycles. The number of methoxy groups -OCH3 is 2. The number of thioether (sulfide) groups is 1. The van der Waals surface area contributed by atoms with Crippen LogP contribution in [0.25, 0.3) is 6.08 Å². The molecule has 2 aromatic rings. The van der Waals surface area contributed by atoms with Crippen molar-refractivity contribution in [1.82, 2.24) is 0 Å². The third-order valence-corrected chi connectivity index (χ3v) is 4.48. The molecule has 0 aliphatic carbocycles. The highest BCUT2D eigenvalue weighted by molar-refractivity contribution is 8.19. The SMILES string of the molecule is COc1cccc(N2C(=O)S/C(=C\c3ccc(O)c(OC)c3)C2=O)c1. The molecule has 128 valence electrons. The van der Waals surface area contributed by atoms with E-state index in [-0.39, 0.29) is 11.0 Å². The van der Waals surface area contributed by atoms with Crippen molar-refractivity contribution in [2.75, 3.05) is 19.1 Å². The zero-order valence-corrected chi connectivity index (χ0v) is 14.4. The summed E-state index contributed by atoms with van der Waals surface area (Å²) in [6.45, 7) is 0. The van der Waals surface area contributed by atoms with Gasteiger partial charge in [0.05, 0.1) is 24.8 Å². The zero-order valence-electron chi connectivity index (χ0n) is 13.6. The molecule has 1 N–H and O–H groups in total. The molecular formula is C18H15NO5S. The van der Waals surface area contributed by atoms with Gasteiger partial charge in [0.2, 0.25) is 0 Å². The third kappa shape index (κ3) is 3.32. The number of amides is 2. The maximum absolute atomic E-state index is 12.6. The van der Waals surface area contributed by atoms with Crippen molar-refractivity contribution in [3.8, 4) is 17.2 Å². The quantitative estimate of drug-likeness (QED) is 0.842. The van der Waals surface area contributed by atoms with Crippen LogP contribution in [0.3, 0.4) is 0 Å². The number of benzene rings is 2. The monoisotopic (exact) mass is 357 g/mol. The molecule has 0 radical (unpaired) electrons. The number of anilines is 1. The summed E-state index contributed by atoms with van der Waals surface area (Å²) in [5.41, 5.74) is 1.10. The Morgan fingerprint density at radius 3 is 2.60 bits per heavy atom. The first-order valence-electron chi connectivity index (χ1n) is 7.32. The van der Waals surface area contributed by atoms with Gasteiger partial charge in [-0.1, -0.05) is 12.1 Å². The van der Waals surface area contributed by atoms with E-state index in [1.54, 1.807) is 42.5 Å². The van der Waals surface area contributed by atoms with E-state index in [1.165, 1.54) is 20.3 Å². The predicted molar refractivity (Wildman–Crippen MR) is 96.1 cm³/mol. The number of nitrogens with zero attached hydrogens (tertiary/aromatic N) is 1. The van der Waals surface area contributed by atoms with Crippen LogP contribution < -0.4 is 14.4 Å². The number of hydrogen-bond donors (Lipinski definition) is 1. The largest absolute Gasteiger partial charge is 0.504 e. The van der Waals surface area contributed by atoms with Gasteiger partial charge in [0.1, 0.15) is 5.75 Å². The molecule has 1 aliphatic heterocycles. The number of hydrogen-bond acceptors (Lipinski definition) is 6. The van der Waals surface area contributed by atoms with Crippen LogP contribution in [0.1, 0.15) is 5.56 Å². The molecule has 1 heterocycles. The summed E-state index contributed by atoms with van der Waals surface area (Å²) < 4.78 is 10.2. The van der Waals surface area contributed by atoms with Crippen molar-refractivity contribution in [2.24, 2.45) is 0 Å². The molecule has 0 atom stereocenters. The number of phenols is 1. The summed E-state index contributed by atoms with van der Waals surface area (Å²) in [5.74, 6) is 0.448. The molecule has 3 rings (SSSR count). The number of phenolic OH excluding ortho intramolecular Hbond substituents is 1. The lowest BCUT2D eigenvalue weighted by Crippen LogP contribution is -2.27. The highest BCUT2D eigenvalue weighted by Gasteiger charge is 2.36. The first kappa shape index (κ1) is 16.9. The number of imide groups is 1. The lowest BCUT2D eigenvalue weighted by molar-refractivity contribution is -0.113. The van der Waals surface area contributed by atoms with Gasteiger partial charge in [-0.05, 0) is 47.7 Å². The van der Waals surface area contributed by atoms with Crippen molar-refractivity contribution >= 4 is 34.7 Å². The second kappa shape index (κ2) is 6.90. The molecule has 0 saturated carbocycles. The highest BCUT2D eigenvalue weighted by atomic mass is 32.2. The van der Waals surface area contributed by atoms with Crippen molar-refractivity contribution in [3.63, 3.8) is 0 Å². The first-order valence-corrected chi connectivity index (χ1v) is 8.14. The topological polar surface area (TPSA) is 76.1 Å². The molecule has 7 heteroatoms. The van der Waals surface area contributed by atoms with Gasteiger partial charge < -0.3 is 14.6 Å². The minimum absolute atomic E-state index is 0.00383. The molecule has 0 aromatic heterocycles. The first-order chi connectivity index (χ1) is 12.0. The highest BCUT2D eigenvalue weighted by Crippen LogP contribution is 2.37. The van der Waals surface area contributed by atoms with Crippen LogP contribution in [-0.2, 0) is 4.79 Å². The van der Waals surface area contributed by atoms with E-state index in [2.05, 4.69) is 0 Å². The third-order valence-electron chi connectivity index (χ3n) is 3.61. The van der Waals surface area contributed by atoms with Gasteiger partial charge >= 0.3 is 0 Å². The fourth-order valence-corrected chi connectivity index (χ4v) is 3.22. The zero-order chi connectivity index (χ0) is 18.0. The molecule has 0 bridgehead atoms. The Morgan fingerprint density at radius 2 is 1.88 bits per heavy atom. The number of aromatic hydroxyl groups is 1. The Hall–Kier alpha value is -2.93. The van der Waals surface area contributed by atoms with Crippen molar-refractivity contribution < 1.29 is 24.2 Å². The Balaban J connectivity index is 1.93. The summed E-state index contributed by atoms with van der Waals surface area (Å²) in [4.78, 5) is 26.3. The molecule has 6 nitrogen and oxygen atoms in total. The van der Waals surface area contributed by atoms with Crippen molar-refractivity contribution in [1.29, 1.82) is 0 Å². The van der Waals surface area contributed by atoms with Gasteiger partial charge in [0.25, 0.3) is 11.1 Å². The lowest BCUT2D eigenvalue weighted by Gasteiger charge is -2.13. The Kier molecular flexibility index (Phi) is 4.67. The van der Waals surface area contributed by atoms with E-state index in [1.807, 2.05) is 0 Å². The second-order valence-electron chi connectivity index (χ2n) is 5.15. The lowest BCUT2D eigenvalue weighted by atomic mass is 10.2. The van der Waals surface area contributed by atoms with Crippen LogP contribution in [0.5, 0.6) is 17.2 Å². The van der Waals surface area contributed by atoms with Crippen LogP contribution in [0.15, 0.2) is 47.4 Å². The molecule has 0 unspecified atom stereocenters. The summed E-state index contributed by atoms with van der Waals surface area (Å²) in [5, 5.41) is 9.26. The van der Waals surface area contributed by atoms with Crippen LogP contribution in [0.2, 0.25) is 0 Å². The van der Waals surface area contributed by atoms with E-state index < -0.39 is 5.91 Å². The maximum Gasteiger partial charge on any atom is 0.298 e. The second-order valence-corrected chi connectivity index (χ2v) is 6.14. The van der Waals surface area contributed by atoms with Gasteiger partial charge in [0.15, 0.2) is 11.5 Å². The van der Waals surface area contributed by atoms with E-state index in [9.17, 15) is 14.7 Å². The minimum atomic E-state index is -0.407. The van der Waals surface area contributed by atoms with Crippen LogP contribution in [-0.4, -0.2) is 30.5 Å². The van der Waals surface area contributed by atoms with Crippen molar-refractivity contribution in [3.05, 3.63) is 52.9 Å². The molecule has 2 amide bonds. The molecule has 1 aliphatic rings. The Morgan fingerprint density at radius 1 is 1.08 bits per heavy atom. The number of rotatable bonds is 4. The van der Waals surface area contributed by atoms with Gasteiger partial charge in [-0.3, -0.25) is 9.59 Å². The average molecular weight is 357 g/mol. The number of carbonyl (C=O) groups excluding carboxylic acids is 2. The van der Waals surface area contributed by atoms with Crippen LogP contribution in [0, 0.1) is 0 Å². The summed E-state index contributed by atoms with van der Waals surface area (Å²) in [6.07, 6.45) is 1.59. The van der Waals surface area contributed by atoms with Crippen LogP contribution in [0.4, 0.5) is 10.5 Å². The standard InChI is InChI=1S/C18H15NO5S/c1-23-13-5-3-4-12(10-13)19-17(21)16(25-18(19)22)9-11-6-7-14(20)15(8-11)24-2/h3-10,20H,1-2H3/b16-9-. The summed E-state index contributed by atoms with van der Waals surface area (Å²) in [7, 11) is 2.96. The van der Waals surface area contributed by atoms with E-state index in [0.717, 1.165) is 16.7 Å². The molecule has 0 spiro atoms. The normalized spacial score (nSPS) is 15.8. The molecule has 1 fully saturated rings. The van der Waals surface area contributed by atoms with Gasteiger partial charge in [-0.15, -0.1) is 0 Å². The average Bonchev–Trinajstić information content (AvgIpc) is 2.90. The van der Waals surface area contributed by atoms with Gasteiger partial charge in [-0.25, -0.2) is 4.90 Å². The predicted octanol–water partition coefficient (Wildman–Crippen LogP) is 3.65. The summed E-state index contributed by atoms with van der Waals surface area (Å²) >= 11 is 0.857. The Bertz CT molecular complexity index is 878. The molecule has 2 aromatic carbocycles. The maximum atomic E-state index is 12.6. The van der Waals surface area contributed by atoms with Crippen molar-refractivity contribution in [2.45, 2.75) is 0 Å². The smallest absolute Gasteiger partial charge is 0.298 e. The van der Waals surface area contributed by atoms with Crippen LogP contribution >= 0.6 is 11.8 Å². The van der Waals surface area contributed by atoms with Gasteiger partial charge in [0, 0.05) is 6.07 Å². The van der Waals surface area contributed by atoms with E-state index in [0.29, 0.717) is 27.7 Å². The van der Waals surface area contributed by atoms with E-state index >= 15 is 0 Å². The fraction of sp³-hybridized carbons (Fsp3) is 0.111. The number of ether oxygens (including phenoxy) is 2. The van der Waals surface area contributed by atoms with Gasteiger partial charge in [-0.2, -0.15) is 0 Å². The Labute approximate surface area is 148 Å². The number of carbonyl (C=O) groups is 2. The van der Waals surface area contributed by atoms with E-state index in [4.69, 9.17) is 9.47 Å².